The van der Waals surface area contributed by atoms with Gasteiger partial charge in [-0.05, 0) is 37.0 Å². The van der Waals surface area contributed by atoms with Crippen LogP contribution in [0.5, 0.6) is 0 Å². The Morgan fingerprint density at radius 2 is 1.77 bits per heavy atom. The third kappa shape index (κ3) is 3.80. The van der Waals surface area contributed by atoms with Crippen LogP contribution in [0.25, 0.3) is 0 Å². The number of rotatable bonds is 4. The summed E-state index contributed by atoms with van der Waals surface area (Å²) in [6.45, 7) is 6.09. The quantitative estimate of drug-likeness (QED) is 0.593. The highest BCUT2D eigenvalue weighted by atomic mass is 16.7. The van der Waals surface area contributed by atoms with Crippen molar-refractivity contribution in [2.45, 2.75) is 76.8 Å². The molecule has 1 saturated heterocycles. The summed E-state index contributed by atoms with van der Waals surface area (Å²) in [5, 5.41) is 38.9. The van der Waals surface area contributed by atoms with E-state index in [1.54, 1.807) is 0 Å². The molecular formula is C16H30O6. The highest BCUT2D eigenvalue weighted by Gasteiger charge is 2.45. The average molecular weight is 318 g/mol. The van der Waals surface area contributed by atoms with Gasteiger partial charge in [0.15, 0.2) is 6.29 Å². The van der Waals surface area contributed by atoms with Gasteiger partial charge in [-0.15, -0.1) is 0 Å². The van der Waals surface area contributed by atoms with E-state index in [1.165, 1.54) is 6.42 Å². The predicted molar refractivity (Wildman–Crippen MR) is 80.0 cm³/mol. The normalized spacial score (nSPS) is 46.9. The van der Waals surface area contributed by atoms with Gasteiger partial charge in [-0.1, -0.05) is 20.8 Å². The summed E-state index contributed by atoms with van der Waals surface area (Å²) >= 11 is 0. The van der Waals surface area contributed by atoms with Crippen LogP contribution in [0.1, 0.15) is 40.0 Å². The van der Waals surface area contributed by atoms with Crippen molar-refractivity contribution in [3.8, 4) is 0 Å². The molecule has 6 nitrogen and oxygen atoms in total. The molecule has 8 atom stereocenters. The van der Waals surface area contributed by atoms with Crippen molar-refractivity contribution in [2.24, 2.45) is 17.8 Å². The molecule has 0 aromatic heterocycles. The second kappa shape index (κ2) is 7.55. The van der Waals surface area contributed by atoms with Crippen LogP contribution in [0.15, 0.2) is 0 Å². The summed E-state index contributed by atoms with van der Waals surface area (Å²) in [6, 6.07) is 0. The van der Waals surface area contributed by atoms with Crippen LogP contribution in [0.3, 0.4) is 0 Å². The minimum absolute atomic E-state index is 0.0532. The molecule has 22 heavy (non-hydrogen) atoms. The first-order valence-electron chi connectivity index (χ1n) is 8.31. The van der Waals surface area contributed by atoms with E-state index in [0.717, 1.165) is 12.8 Å². The van der Waals surface area contributed by atoms with Crippen LogP contribution < -0.4 is 0 Å². The third-order valence-electron chi connectivity index (χ3n) is 5.26. The number of hydrogen-bond donors (Lipinski definition) is 4. The molecule has 1 heterocycles. The molecule has 0 amide bonds. The molecular weight excluding hydrogens is 288 g/mol. The molecule has 2 aliphatic rings. The Labute approximate surface area is 132 Å². The summed E-state index contributed by atoms with van der Waals surface area (Å²) in [7, 11) is 0. The van der Waals surface area contributed by atoms with E-state index >= 15 is 0 Å². The fraction of sp³-hybridized carbons (Fsp3) is 1.00. The zero-order valence-corrected chi connectivity index (χ0v) is 13.6. The summed E-state index contributed by atoms with van der Waals surface area (Å²) in [5.41, 5.74) is 0. The van der Waals surface area contributed by atoms with Gasteiger partial charge >= 0.3 is 0 Å². The standard InChI is InChI=1S/C16H30O6/c1-8(2)10-5-4-9(3)11(6-10)21-16-15(20)14(19)13(18)12(7-17)22-16/h8-20H,4-7H2,1-3H3/t9?,10?,11?,12-,13-,14+,15-,16+/m1/s1. The number of aliphatic hydroxyl groups excluding tert-OH is 4. The van der Waals surface area contributed by atoms with Crippen LogP contribution in [-0.4, -0.2) is 63.8 Å². The van der Waals surface area contributed by atoms with Crippen molar-refractivity contribution in [3.05, 3.63) is 0 Å². The molecule has 0 spiro atoms. The molecule has 0 aromatic carbocycles. The summed E-state index contributed by atoms with van der Waals surface area (Å²) in [6.07, 6.45) is -2.89. The van der Waals surface area contributed by atoms with Crippen LogP contribution in [0, 0.1) is 17.8 Å². The molecule has 2 fully saturated rings. The molecule has 0 radical (unpaired) electrons. The van der Waals surface area contributed by atoms with E-state index in [4.69, 9.17) is 9.47 Å². The fourth-order valence-electron chi connectivity index (χ4n) is 3.46. The van der Waals surface area contributed by atoms with Gasteiger partial charge < -0.3 is 29.9 Å². The van der Waals surface area contributed by atoms with Crippen LogP contribution in [0.4, 0.5) is 0 Å². The summed E-state index contributed by atoms with van der Waals surface area (Å²) < 4.78 is 11.4. The maximum atomic E-state index is 10.1. The molecule has 3 unspecified atom stereocenters. The van der Waals surface area contributed by atoms with Crippen molar-refractivity contribution >= 4 is 0 Å². The van der Waals surface area contributed by atoms with Gasteiger partial charge in [0, 0.05) is 0 Å². The zero-order chi connectivity index (χ0) is 16.4. The van der Waals surface area contributed by atoms with E-state index in [9.17, 15) is 20.4 Å². The van der Waals surface area contributed by atoms with Crippen LogP contribution in [-0.2, 0) is 9.47 Å². The predicted octanol–water partition coefficient (Wildman–Crippen LogP) is 0.264. The molecule has 1 aliphatic heterocycles. The second-order valence-electron chi connectivity index (χ2n) is 7.17. The van der Waals surface area contributed by atoms with E-state index in [0.29, 0.717) is 17.8 Å². The Kier molecular flexibility index (Phi) is 6.22. The first kappa shape index (κ1) is 18.1. The lowest BCUT2D eigenvalue weighted by Crippen LogP contribution is -2.60. The van der Waals surface area contributed by atoms with Crippen LogP contribution >= 0.6 is 0 Å². The average Bonchev–Trinajstić information content (AvgIpc) is 2.49. The van der Waals surface area contributed by atoms with Gasteiger partial charge in [0.05, 0.1) is 12.7 Å². The topological polar surface area (TPSA) is 99.4 Å². The molecule has 6 heteroatoms. The molecule has 2 rings (SSSR count). The Morgan fingerprint density at radius 3 is 2.36 bits per heavy atom. The first-order valence-corrected chi connectivity index (χ1v) is 8.31. The van der Waals surface area contributed by atoms with E-state index in [2.05, 4.69) is 20.8 Å². The van der Waals surface area contributed by atoms with E-state index < -0.39 is 37.3 Å². The SMILES string of the molecule is CC(C)C1CCC(C)C(O[C@H]2O[C@H](CO)[C@@H](O)[C@H](O)[C@H]2O)C1. The maximum Gasteiger partial charge on any atom is 0.186 e. The zero-order valence-electron chi connectivity index (χ0n) is 13.6. The van der Waals surface area contributed by atoms with Gasteiger partial charge in [-0.25, -0.2) is 0 Å². The van der Waals surface area contributed by atoms with E-state index in [-0.39, 0.29) is 6.10 Å². The molecule has 130 valence electrons. The lowest BCUT2D eigenvalue weighted by atomic mass is 9.76. The van der Waals surface area contributed by atoms with Crippen molar-refractivity contribution < 1.29 is 29.9 Å². The van der Waals surface area contributed by atoms with E-state index in [1.807, 2.05) is 0 Å². The monoisotopic (exact) mass is 318 g/mol. The van der Waals surface area contributed by atoms with Gasteiger partial charge in [0.25, 0.3) is 0 Å². The van der Waals surface area contributed by atoms with Crippen molar-refractivity contribution in [2.75, 3.05) is 6.61 Å². The molecule has 1 aliphatic carbocycles. The number of aliphatic hydroxyl groups is 4. The van der Waals surface area contributed by atoms with Gasteiger partial charge in [-0.2, -0.15) is 0 Å². The largest absolute Gasteiger partial charge is 0.394 e. The lowest BCUT2D eigenvalue weighted by molar-refractivity contribution is -0.317. The molecule has 0 aromatic rings. The Balaban J connectivity index is 2.01. The minimum atomic E-state index is -1.38. The van der Waals surface area contributed by atoms with Crippen molar-refractivity contribution in [1.82, 2.24) is 0 Å². The van der Waals surface area contributed by atoms with Crippen molar-refractivity contribution in [1.29, 1.82) is 0 Å². The van der Waals surface area contributed by atoms with Gasteiger partial charge in [0.2, 0.25) is 0 Å². The van der Waals surface area contributed by atoms with Gasteiger partial charge in [0.1, 0.15) is 24.4 Å². The highest BCUT2D eigenvalue weighted by Crippen LogP contribution is 2.36. The van der Waals surface area contributed by atoms with Crippen LogP contribution in [0.2, 0.25) is 0 Å². The number of hydrogen-bond acceptors (Lipinski definition) is 6. The lowest BCUT2D eigenvalue weighted by Gasteiger charge is -2.43. The highest BCUT2D eigenvalue weighted by molar-refractivity contribution is 4.90. The smallest absolute Gasteiger partial charge is 0.186 e. The Bertz CT molecular complexity index is 348. The summed E-state index contributed by atoms with van der Waals surface area (Å²) in [4.78, 5) is 0. The maximum absolute atomic E-state index is 10.1. The third-order valence-corrected chi connectivity index (χ3v) is 5.26. The van der Waals surface area contributed by atoms with Crippen molar-refractivity contribution in [3.63, 3.8) is 0 Å². The molecule has 4 N–H and O–H groups in total. The Morgan fingerprint density at radius 1 is 1.09 bits per heavy atom. The summed E-state index contributed by atoms with van der Waals surface area (Å²) in [5.74, 6) is 1.50. The number of ether oxygens (including phenoxy) is 2. The van der Waals surface area contributed by atoms with Gasteiger partial charge in [-0.3, -0.25) is 0 Å². The second-order valence-corrected chi connectivity index (χ2v) is 7.17. The first-order chi connectivity index (χ1) is 10.3. The molecule has 1 saturated carbocycles. The Hall–Kier alpha value is -0.240. The minimum Gasteiger partial charge on any atom is -0.394 e. The fourth-order valence-corrected chi connectivity index (χ4v) is 3.46. The molecule has 0 bridgehead atoms.